The molecule has 3 aromatic carbocycles. The molecular weight excluding hydrogens is 380 g/mol. The van der Waals surface area contributed by atoms with E-state index in [1.165, 1.54) is 0 Å². The molecule has 0 fully saturated rings. The van der Waals surface area contributed by atoms with Gasteiger partial charge in [-0.2, -0.15) is 0 Å². The van der Waals surface area contributed by atoms with Gasteiger partial charge in [0.25, 0.3) is 5.91 Å². The maximum atomic E-state index is 12.5. The van der Waals surface area contributed by atoms with E-state index in [-0.39, 0.29) is 5.91 Å². The molecule has 0 radical (unpaired) electrons. The van der Waals surface area contributed by atoms with Crippen molar-refractivity contribution in [3.05, 3.63) is 107 Å². The van der Waals surface area contributed by atoms with E-state index in [9.17, 15) is 4.79 Å². The van der Waals surface area contributed by atoms with Gasteiger partial charge >= 0.3 is 0 Å². The highest BCUT2D eigenvalue weighted by Gasteiger charge is 2.11. The number of carbonyl (C=O) groups excluding carboxylic acids is 1. The first-order valence-corrected chi connectivity index (χ1v) is 10.1. The Hall–Kier alpha value is -3.17. The first kappa shape index (κ1) is 19.2. The lowest BCUT2D eigenvalue weighted by Crippen LogP contribution is -2.11. The van der Waals surface area contributed by atoms with Crippen LogP contribution in [-0.2, 0) is 0 Å². The van der Waals surface area contributed by atoms with Crippen molar-refractivity contribution in [3.63, 3.8) is 0 Å². The minimum absolute atomic E-state index is 0.165. The molecule has 0 saturated carbocycles. The van der Waals surface area contributed by atoms with Crippen LogP contribution >= 0.6 is 11.6 Å². The van der Waals surface area contributed by atoms with Crippen molar-refractivity contribution < 1.29 is 4.79 Å². The molecule has 1 aliphatic heterocycles. The Morgan fingerprint density at radius 2 is 1.66 bits per heavy atom. The fourth-order valence-electron chi connectivity index (χ4n) is 3.34. The van der Waals surface area contributed by atoms with Crippen molar-refractivity contribution in [2.45, 2.75) is 19.3 Å². The zero-order valence-electron chi connectivity index (χ0n) is 15.9. The molecule has 1 heterocycles. The van der Waals surface area contributed by atoms with Gasteiger partial charge in [0.1, 0.15) is 0 Å². The number of halogens is 1. The van der Waals surface area contributed by atoms with Crippen LogP contribution in [0.1, 0.15) is 40.7 Å². The van der Waals surface area contributed by atoms with Crippen LogP contribution in [0.2, 0.25) is 5.02 Å². The van der Waals surface area contributed by atoms with Crippen molar-refractivity contribution in [1.29, 1.82) is 0 Å². The van der Waals surface area contributed by atoms with E-state index in [1.54, 1.807) is 24.3 Å². The molecule has 0 bridgehead atoms. The number of benzene rings is 3. The van der Waals surface area contributed by atoms with Gasteiger partial charge in [-0.15, -0.1) is 0 Å². The first-order valence-electron chi connectivity index (χ1n) is 9.69. The summed E-state index contributed by atoms with van der Waals surface area (Å²) < 4.78 is 0. The molecule has 1 N–H and O–H groups in total. The minimum Gasteiger partial charge on any atom is -0.322 e. The molecule has 4 heteroatoms. The van der Waals surface area contributed by atoms with E-state index in [0.29, 0.717) is 10.6 Å². The molecule has 0 spiro atoms. The molecule has 0 unspecified atom stereocenters. The molecular formula is C25H21ClN2O. The Balaban J connectivity index is 1.58. The van der Waals surface area contributed by atoms with Gasteiger partial charge in [0.15, 0.2) is 0 Å². The van der Waals surface area contributed by atoms with Crippen molar-refractivity contribution >= 4 is 34.6 Å². The number of anilines is 1. The monoisotopic (exact) mass is 400 g/mol. The lowest BCUT2D eigenvalue weighted by Gasteiger charge is -2.09. The highest BCUT2D eigenvalue weighted by Crippen LogP contribution is 2.26. The van der Waals surface area contributed by atoms with E-state index < -0.39 is 0 Å². The number of amides is 1. The Kier molecular flexibility index (Phi) is 5.87. The zero-order valence-corrected chi connectivity index (χ0v) is 16.7. The van der Waals surface area contributed by atoms with E-state index >= 15 is 0 Å². The maximum Gasteiger partial charge on any atom is 0.255 e. The Morgan fingerprint density at radius 1 is 0.897 bits per heavy atom. The van der Waals surface area contributed by atoms with Gasteiger partial charge in [-0.1, -0.05) is 60.1 Å². The number of allylic oxidation sites excluding steroid dienone is 1. The smallest absolute Gasteiger partial charge is 0.255 e. The SMILES string of the molecule is O=C(Nc1cccc(C2=CCCCC(c3ccccc3)=N2)c1)c1ccc(Cl)cc1. The summed E-state index contributed by atoms with van der Waals surface area (Å²) in [5.74, 6) is -0.165. The molecule has 29 heavy (non-hydrogen) atoms. The van der Waals surface area contributed by atoms with Crippen molar-refractivity contribution in [2.75, 3.05) is 5.32 Å². The van der Waals surface area contributed by atoms with Crippen LogP contribution in [0.3, 0.4) is 0 Å². The summed E-state index contributed by atoms with van der Waals surface area (Å²) in [5.41, 5.74) is 5.51. The quantitative estimate of drug-likeness (QED) is 0.526. The fraction of sp³-hybridized carbons (Fsp3) is 0.120. The molecule has 0 aromatic heterocycles. The van der Waals surface area contributed by atoms with Crippen LogP contribution in [0, 0.1) is 0 Å². The number of hydrogen-bond acceptors (Lipinski definition) is 2. The number of hydrogen-bond donors (Lipinski definition) is 1. The number of aliphatic imine (C=N–C) groups is 1. The lowest BCUT2D eigenvalue weighted by molar-refractivity contribution is 0.102. The Labute approximate surface area is 175 Å². The minimum atomic E-state index is -0.165. The summed E-state index contributed by atoms with van der Waals surface area (Å²) in [6, 6.07) is 25.0. The van der Waals surface area contributed by atoms with Gasteiger partial charge in [0.05, 0.1) is 5.70 Å². The van der Waals surface area contributed by atoms with Crippen molar-refractivity contribution in [3.8, 4) is 0 Å². The fourth-order valence-corrected chi connectivity index (χ4v) is 3.46. The van der Waals surface area contributed by atoms with Crippen LogP contribution in [0.25, 0.3) is 5.70 Å². The highest BCUT2D eigenvalue weighted by atomic mass is 35.5. The first-order chi connectivity index (χ1) is 14.2. The third kappa shape index (κ3) is 4.82. The highest BCUT2D eigenvalue weighted by molar-refractivity contribution is 6.30. The van der Waals surface area contributed by atoms with Crippen LogP contribution in [0.5, 0.6) is 0 Å². The molecule has 0 aliphatic carbocycles. The third-order valence-electron chi connectivity index (χ3n) is 4.84. The number of carbonyl (C=O) groups is 1. The summed E-state index contributed by atoms with van der Waals surface area (Å²) in [7, 11) is 0. The summed E-state index contributed by atoms with van der Waals surface area (Å²) in [6.07, 6.45) is 5.19. The molecule has 144 valence electrons. The van der Waals surface area contributed by atoms with Crippen molar-refractivity contribution in [2.24, 2.45) is 4.99 Å². The van der Waals surface area contributed by atoms with Gasteiger partial charge in [0, 0.05) is 27.5 Å². The molecule has 0 saturated heterocycles. The van der Waals surface area contributed by atoms with Gasteiger partial charge in [0.2, 0.25) is 0 Å². The number of rotatable bonds is 4. The largest absolute Gasteiger partial charge is 0.322 e. The number of nitrogens with zero attached hydrogens (tertiary/aromatic N) is 1. The summed E-state index contributed by atoms with van der Waals surface area (Å²) >= 11 is 5.90. The second kappa shape index (κ2) is 8.89. The van der Waals surface area contributed by atoms with Gasteiger partial charge in [-0.3, -0.25) is 9.79 Å². The predicted octanol–water partition coefficient (Wildman–Crippen LogP) is 6.61. The lowest BCUT2D eigenvalue weighted by atomic mass is 10.1. The van der Waals surface area contributed by atoms with E-state index in [1.807, 2.05) is 42.5 Å². The van der Waals surface area contributed by atoms with E-state index in [0.717, 1.165) is 47.5 Å². The van der Waals surface area contributed by atoms with Gasteiger partial charge < -0.3 is 5.32 Å². The van der Waals surface area contributed by atoms with Gasteiger partial charge in [-0.25, -0.2) is 0 Å². The van der Waals surface area contributed by atoms with Gasteiger partial charge in [-0.05, 0) is 61.2 Å². The average molecular weight is 401 g/mol. The topological polar surface area (TPSA) is 41.5 Å². The summed E-state index contributed by atoms with van der Waals surface area (Å²) in [6.45, 7) is 0. The molecule has 4 rings (SSSR count). The summed E-state index contributed by atoms with van der Waals surface area (Å²) in [4.78, 5) is 17.5. The van der Waals surface area contributed by atoms with E-state index in [4.69, 9.17) is 16.6 Å². The summed E-state index contributed by atoms with van der Waals surface area (Å²) in [5, 5.41) is 3.57. The Bertz CT molecular complexity index is 1070. The molecule has 1 amide bonds. The molecule has 3 aromatic rings. The molecule has 0 atom stereocenters. The third-order valence-corrected chi connectivity index (χ3v) is 5.09. The number of nitrogens with one attached hydrogen (secondary N) is 1. The van der Waals surface area contributed by atoms with Crippen LogP contribution < -0.4 is 5.32 Å². The average Bonchev–Trinajstić information content (AvgIpc) is 3.01. The Morgan fingerprint density at radius 3 is 2.45 bits per heavy atom. The second-order valence-electron chi connectivity index (χ2n) is 6.95. The normalized spacial score (nSPS) is 13.8. The van der Waals surface area contributed by atoms with E-state index in [2.05, 4.69) is 23.5 Å². The zero-order chi connectivity index (χ0) is 20.1. The van der Waals surface area contributed by atoms with Crippen molar-refractivity contribution in [1.82, 2.24) is 0 Å². The van der Waals surface area contributed by atoms with Crippen LogP contribution in [-0.4, -0.2) is 11.6 Å². The second-order valence-corrected chi connectivity index (χ2v) is 7.38. The maximum absolute atomic E-state index is 12.5. The van der Waals surface area contributed by atoms with Crippen LogP contribution in [0.15, 0.2) is 89.9 Å². The molecule has 1 aliphatic rings. The predicted molar refractivity (Wildman–Crippen MR) is 121 cm³/mol. The van der Waals surface area contributed by atoms with Crippen LogP contribution in [0.4, 0.5) is 5.69 Å². The standard InChI is InChI=1S/C25H21ClN2O/c26-21-15-13-19(14-16-21)25(29)27-22-10-6-9-20(17-22)24-12-5-4-11-23(28-24)18-7-2-1-3-8-18/h1-3,6-10,12-17H,4-5,11H2,(H,27,29). The molecule has 3 nitrogen and oxygen atoms in total.